The van der Waals surface area contributed by atoms with Crippen LogP contribution in [0.15, 0.2) is 71.6 Å². The highest BCUT2D eigenvalue weighted by atomic mass is 32.2. The number of hydrogen-bond acceptors (Lipinski definition) is 4. The standard InChI is InChI=1S/C27H33N3O4S/c1-5-25(27(32)28-6-2)30(18-21-13-11-20(3)12-14-21)26(31)19-29(4)35(33,34)24-16-15-22-9-7-8-10-23(22)17-24/h7-17,25H,5-6,18-19H2,1-4H3,(H,28,32)/t25-/m1/s1. The molecule has 2 amide bonds. The van der Waals surface area contributed by atoms with E-state index in [0.29, 0.717) is 13.0 Å². The maximum absolute atomic E-state index is 13.5. The molecule has 1 N–H and O–H groups in total. The molecule has 0 fully saturated rings. The van der Waals surface area contributed by atoms with Crippen LogP contribution in [0.5, 0.6) is 0 Å². The molecule has 8 heteroatoms. The summed E-state index contributed by atoms with van der Waals surface area (Å²) in [6.07, 6.45) is 0.407. The van der Waals surface area contributed by atoms with Crippen molar-refractivity contribution in [1.29, 1.82) is 0 Å². The zero-order valence-corrected chi connectivity index (χ0v) is 21.5. The van der Waals surface area contributed by atoms with Crippen LogP contribution < -0.4 is 5.32 Å². The molecule has 186 valence electrons. The van der Waals surface area contributed by atoms with E-state index < -0.39 is 22.0 Å². The number of likely N-dealkylation sites (N-methyl/N-ethyl adjacent to an activating group) is 2. The van der Waals surface area contributed by atoms with Crippen molar-refractivity contribution < 1.29 is 18.0 Å². The molecule has 0 saturated carbocycles. The van der Waals surface area contributed by atoms with E-state index in [4.69, 9.17) is 0 Å². The Hall–Kier alpha value is -3.23. The highest BCUT2D eigenvalue weighted by Gasteiger charge is 2.31. The van der Waals surface area contributed by atoms with Gasteiger partial charge in [0.15, 0.2) is 0 Å². The van der Waals surface area contributed by atoms with Gasteiger partial charge in [0.1, 0.15) is 6.04 Å². The number of aryl methyl sites for hydroxylation is 1. The average molecular weight is 496 g/mol. The number of benzene rings is 3. The number of hydrogen-bond donors (Lipinski definition) is 1. The van der Waals surface area contributed by atoms with Gasteiger partial charge in [0.25, 0.3) is 0 Å². The summed E-state index contributed by atoms with van der Waals surface area (Å²) in [7, 11) is -2.53. The molecule has 0 aliphatic heterocycles. The summed E-state index contributed by atoms with van der Waals surface area (Å²) < 4.78 is 27.6. The fourth-order valence-electron chi connectivity index (χ4n) is 3.98. The molecule has 3 aromatic carbocycles. The van der Waals surface area contributed by atoms with Crippen LogP contribution in [0.1, 0.15) is 31.4 Å². The Bertz CT molecular complexity index is 1290. The molecular formula is C27H33N3O4S. The highest BCUT2D eigenvalue weighted by Crippen LogP contribution is 2.22. The van der Waals surface area contributed by atoms with Crippen molar-refractivity contribution in [2.24, 2.45) is 0 Å². The lowest BCUT2D eigenvalue weighted by molar-refractivity contribution is -0.141. The number of sulfonamides is 1. The minimum atomic E-state index is -3.92. The molecule has 3 aromatic rings. The lowest BCUT2D eigenvalue weighted by Crippen LogP contribution is -2.51. The Labute approximate surface area is 207 Å². The SMILES string of the molecule is CCNC(=O)[C@@H](CC)N(Cc1ccc(C)cc1)C(=O)CN(C)S(=O)(=O)c1ccc2ccccc2c1. The summed E-state index contributed by atoms with van der Waals surface area (Å²) in [5, 5.41) is 4.52. The predicted octanol–water partition coefficient (Wildman–Crippen LogP) is 3.71. The second kappa shape index (κ2) is 11.5. The maximum atomic E-state index is 13.5. The molecule has 0 bridgehead atoms. The van der Waals surface area contributed by atoms with E-state index in [-0.39, 0.29) is 23.9 Å². The molecular weight excluding hydrogens is 462 g/mol. The molecule has 0 aliphatic carbocycles. The van der Waals surface area contributed by atoms with Gasteiger partial charge in [-0.25, -0.2) is 8.42 Å². The minimum Gasteiger partial charge on any atom is -0.355 e. The molecule has 3 rings (SSSR count). The Morgan fingerprint density at radius 2 is 1.60 bits per heavy atom. The van der Waals surface area contributed by atoms with Crippen LogP contribution in [-0.2, 0) is 26.2 Å². The molecule has 0 radical (unpaired) electrons. The van der Waals surface area contributed by atoms with Gasteiger partial charge in [-0.05, 0) is 48.7 Å². The number of nitrogens with zero attached hydrogens (tertiary/aromatic N) is 2. The Morgan fingerprint density at radius 3 is 2.23 bits per heavy atom. The van der Waals surface area contributed by atoms with E-state index >= 15 is 0 Å². The van der Waals surface area contributed by atoms with Gasteiger partial charge in [-0.15, -0.1) is 0 Å². The van der Waals surface area contributed by atoms with Crippen LogP contribution in [0.3, 0.4) is 0 Å². The summed E-state index contributed by atoms with van der Waals surface area (Å²) in [6.45, 7) is 5.90. The van der Waals surface area contributed by atoms with Crippen LogP contribution in [0, 0.1) is 6.92 Å². The van der Waals surface area contributed by atoms with Crippen molar-refractivity contribution in [3.05, 3.63) is 77.9 Å². The van der Waals surface area contributed by atoms with Crippen LogP contribution >= 0.6 is 0 Å². The first-order valence-corrected chi connectivity index (χ1v) is 13.2. The Balaban J connectivity index is 1.87. The molecule has 0 aromatic heterocycles. The van der Waals surface area contributed by atoms with Gasteiger partial charge in [0.05, 0.1) is 11.4 Å². The van der Waals surface area contributed by atoms with Crippen molar-refractivity contribution in [1.82, 2.24) is 14.5 Å². The van der Waals surface area contributed by atoms with E-state index in [1.54, 1.807) is 18.2 Å². The lowest BCUT2D eigenvalue weighted by Gasteiger charge is -2.32. The average Bonchev–Trinajstić information content (AvgIpc) is 2.84. The van der Waals surface area contributed by atoms with Crippen LogP contribution in [0.4, 0.5) is 0 Å². The van der Waals surface area contributed by atoms with Crippen LogP contribution in [0.25, 0.3) is 10.8 Å². The molecule has 0 unspecified atom stereocenters. The third kappa shape index (κ3) is 6.26. The first-order chi connectivity index (χ1) is 16.7. The van der Waals surface area contributed by atoms with Crippen molar-refractivity contribution >= 4 is 32.6 Å². The number of rotatable bonds is 10. The summed E-state index contributed by atoms with van der Waals surface area (Å²) in [4.78, 5) is 27.8. The van der Waals surface area contributed by atoms with Crippen LogP contribution in [0.2, 0.25) is 0 Å². The third-order valence-corrected chi connectivity index (χ3v) is 7.80. The van der Waals surface area contributed by atoms with Gasteiger partial charge < -0.3 is 10.2 Å². The van der Waals surface area contributed by atoms with Crippen molar-refractivity contribution in [3.63, 3.8) is 0 Å². The monoisotopic (exact) mass is 495 g/mol. The number of nitrogens with one attached hydrogen (secondary N) is 1. The van der Waals surface area contributed by atoms with Gasteiger partial charge in [-0.2, -0.15) is 4.31 Å². The second-order valence-electron chi connectivity index (χ2n) is 8.60. The third-order valence-electron chi connectivity index (χ3n) is 6.00. The highest BCUT2D eigenvalue weighted by molar-refractivity contribution is 7.89. The zero-order valence-electron chi connectivity index (χ0n) is 20.7. The summed E-state index contributed by atoms with van der Waals surface area (Å²) in [6, 6.07) is 19.4. The normalized spacial score (nSPS) is 12.5. The molecule has 0 spiro atoms. The number of amides is 2. The Morgan fingerprint density at radius 1 is 0.943 bits per heavy atom. The van der Waals surface area contributed by atoms with E-state index in [2.05, 4.69) is 5.32 Å². The molecule has 0 saturated heterocycles. The molecule has 0 aliphatic rings. The van der Waals surface area contributed by atoms with Crippen molar-refractivity contribution in [3.8, 4) is 0 Å². The molecule has 0 heterocycles. The van der Waals surface area contributed by atoms with E-state index in [1.165, 1.54) is 11.9 Å². The number of fused-ring (bicyclic) bond motifs is 1. The van der Waals surface area contributed by atoms with Gasteiger partial charge in [-0.1, -0.05) is 67.1 Å². The fourth-order valence-corrected chi connectivity index (χ4v) is 5.13. The van der Waals surface area contributed by atoms with Gasteiger partial charge in [-0.3, -0.25) is 9.59 Å². The number of carbonyl (C=O) groups excluding carboxylic acids is 2. The lowest BCUT2D eigenvalue weighted by atomic mass is 10.1. The molecule has 7 nitrogen and oxygen atoms in total. The predicted molar refractivity (Wildman–Crippen MR) is 138 cm³/mol. The summed E-state index contributed by atoms with van der Waals surface area (Å²) >= 11 is 0. The second-order valence-corrected chi connectivity index (χ2v) is 10.6. The minimum absolute atomic E-state index is 0.118. The summed E-state index contributed by atoms with van der Waals surface area (Å²) in [5.41, 5.74) is 1.95. The molecule has 35 heavy (non-hydrogen) atoms. The largest absolute Gasteiger partial charge is 0.355 e. The maximum Gasteiger partial charge on any atom is 0.243 e. The first kappa shape index (κ1) is 26.4. The van der Waals surface area contributed by atoms with Crippen LogP contribution in [-0.4, -0.2) is 55.6 Å². The topological polar surface area (TPSA) is 86.8 Å². The first-order valence-electron chi connectivity index (χ1n) is 11.7. The van der Waals surface area contributed by atoms with Gasteiger partial charge in [0.2, 0.25) is 21.8 Å². The van der Waals surface area contributed by atoms with Gasteiger partial charge >= 0.3 is 0 Å². The fraction of sp³-hybridized carbons (Fsp3) is 0.333. The van der Waals surface area contributed by atoms with Gasteiger partial charge in [0, 0.05) is 20.1 Å². The smallest absolute Gasteiger partial charge is 0.243 e. The van der Waals surface area contributed by atoms with E-state index in [0.717, 1.165) is 26.2 Å². The zero-order chi connectivity index (χ0) is 25.6. The van der Waals surface area contributed by atoms with Crippen molar-refractivity contribution in [2.75, 3.05) is 20.1 Å². The molecule has 1 atom stereocenters. The quantitative estimate of drug-likeness (QED) is 0.465. The number of carbonyl (C=O) groups is 2. The van der Waals surface area contributed by atoms with E-state index in [9.17, 15) is 18.0 Å². The van der Waals surface area contributed by atoms with E-state index in [1.807, 2.05) is 69.3 Å². The Kier molecular flexibility index (Phi) is 8.64. The van der Waals surface area contributed by atoms with Crippen molar-refractivity contribution in [2.45, 2.75) is 44.7 Å². The summed E-state index contributed by atoms with van der Waals surface area (Å²) in [5.74, 6) is -0.689.